The van der Waals surface area contributed by atoms with Gasteiger partial charge in [0.25, 0.3) is 10.0 Å². The SMILES string of the molecule is COCCN/C=C1\C(=O)c2ccccc2N(Cc2ccc(Cl)cc2)S1(=O)=O. The molecule has 0 bridgehead atoms. The summed E-state index contributed by atoms with van der Waals surface area (Å²) < 4.78 is 32.5. The van der Waals surface area contributed by atoms with Gasteiger partial charge in [-0.25, -0.2) is 8.42 Å². The first kappa shape index (κ1) is 19.4. The number of para-hydroxylation sites is 1. The topological polar surface area (TPSA) is 75.7 Å². The highest BCUT2D eigenvalue weighted by molar-refractivity contribution is 7.97. The minimum atomic E-state index is -4.01. The van der Waals surface area contributed by atoms with Crippen molar-refractivity contribution in [2.24, 2.45) is 0 Å². The van der Waals surface area contributed by atoms with Gasteiger partial charge in [0.05, 0.1) is 18.8 Å². The Balaban J connectivity index is 2.03. The highest BCUT2D eigenvalue weighted by Gasteiger charge is 2.39. The number of hydrogen-bond acceptors (Lipinski definition) is 5. The van der Waals surface area contributed by atoms with Crippen LogP contribution in [-0.4, -0.2) is 34.5 Å². The first-order valence-corrected chi connectivity index (χ1v) is 10.1. The largest absolute Gasteiger partial charge is 0.387 e. The summed E-state index contributed by atoms with van der Waals surface area (Å²) in [5.74, 6) is -0.525. The molecule has 0 amide bonds. The number of carbonyl (C=O) groups is 1. The van der Waals surface area contributed by atoms with Crippen molar-refractivity contribution in [3.05, 3.63) is 75.8 Å². The lowest BCUT2D eigenvalue weighted by molar-refractivity contribution is 0.104. The van der Waals surface area contributed by atoms with E-state index in [1.54, 1.807) is 55.6 Å². The van der Waals surface area contributed by atoms with E-state index in [2.05, 4.69) is 5.32 Å². The second kappa shape index (κ2) is 8.12. The summed E-state index contributed by atoms with van der Waals surface area (Å²) in [4.78, 5) is 12.5. The lowest BCUT2D eigenvalue weighted by Gasteiger charge is -2.31. The van der Waals surface area contributed by atoms with Crippen molar-refractivity contribution in [2.75, 3.05) is 24.6 Å². The van der Waals surface area contributed by atoms with E-state index in [-0.39, 0.29) is 11.4 Å². The lowest BCUT2D eigenvalue weighted by atomic mass is 10.1. The van der Waals surface area contributed by atoms with E-state index in [4.69, 9.17) is 16.3 Å². The molecular formula is C19H19ClN2O4S. The molecule has 1 heterocycles. The molecule has 0 aromatic heterocycles. The number of sulfonamides is 1. The molecule has 1 N–H and O–H groups in total. The van der Waals surface area contributed by atoms with Crippen molar-refractivity contribution in [3.63, 3.8) is 0 Å². The van der Waals surface area contributed by atoms with Crippen LogP contribution in [0.3, 0.4) is 0 Å². The van der Waals surface area contributed by atoms with Gasteiger partial charge in [-0.1, -0.05) is 35.9 Å². The molecule has 0 atom stereocenters. The number of nitrogens with one attached hydrogen (secondary N) is 1. The number of methoxy groups -OCH3 is 1. The minimum Gasteiger partial charge on any atom is -0.387 e. The quantitative estimate of drug-likeness (QED) is 0.589. The summed E-state index contributed by atoms with van der Waals surface area (Å²) in [6, 6.07) is 13.6. The van der Waals surface area contributed by atoms with Gasteiger partial charge in [0, 0.05) is 30.4 Å². The minimum absolute atomic E-state index is 0.0964. The maximum absolute atomic E-state index is 13.2. The van der Waals surface area contributed by atoms with Crippen molar-refractivity contribution in [2.45, 2.75) is 6.54 Å². The van der Waals surface area contributed by atoms with Gasteiger partial charge >= 0.3 is 0 Å². The number of anilines is 1. The molecule has 2 aromatic rings. The number of nitrogens with zero attached hydrogens (tertiary/aromatic N) is 1. The van der Waals surface area contributed by atoms with E-state index < -0.39 is 15.8 Å². The number of benzene rings is 2. The van der Waals surface area contributed by atoms with Crippen LogP contribution in [0.5, 0.6) is 0 Å². The van der Waals surface area contributed by atoms with Crippen LogP contribution >= 0.6 is 11.6 Å². The fourth-order valence-corrected chi connectivity index (χ4v) is 4.45. The zero-order valence-corrected chi connectivity index (χ0v) is 16.3. The molecule has 1 aliphatic rings. The van der Waals surface area contributed by atoms with Gasteiger partial charge in [0.2, 0.25) is 5.78 Å². The number of hydrogen-bond donors (Lipinski definition) is 1. The standard InChI is InChI=1S/C19H19ClN2O4S/c1-26-11-10-21-12-18-19(23)16-4-2-3-5-17(16)22(27(18,24)25)13-14-6-8-15(20)9-7-14/h2-9,12,21H,10-11,13H2,1H3/b18-12+. The number of fused-ring (bicyclic) bond motifs is 1. The second-order valence-electron chi connectivity index (χ2n) is 5.94. The van der Waals surface area contributed by atoms with Gasteiger partial charge < -0.3 is 10.1 Å². The summed E-state index contributed by atoms with van der Waals surface area (Å²) in [6.45, 7) is 0.879. The molecule has 8 heteroatoms. The van der Waals surface area contributed by atoms with Crippen molar-refractivity contribution in [1.29, 1.82) is 0 Å². The molecule has 0 radical (unpaired) electrons. The fourth-order valence-electron chi connectivity index (χ4n) is 2.77. The van der Waals surface area contributed by atoms with Crippen LogP contribution in [0.4, 0.5) is 5.69 Å². The molecular weight excluding hydrogens is 388 g/mol. The Kier molecular flexibility index (Phi) is 5.84. The van der Waals surface area contributed by atoms with Crippen LogP contribution < -0.4 is 9.62 Å². The Hall–Kier alpha value is -2.35. The predicted molar refractivity (Wildman–Crippen MR) is 105 cm³/mol. The number of allylic oxidation sites excluding steroid dienone is 1. The Morgan fingerprint density at radius 3 is 2.56 bits per heavy atom. The summed E-state index contributed by atoms with van der Waals surface area (Å²) >= 11 is 5.91. The summed E-state index contributed by atoms with van der Waals surface area (Å²) in [5, 5.41) is 3.40. The lowest BCUT2D eigenvalue weighted by Crippen LogP contribution is -2.39. The van der Waals surface area contributed by atoms with Crippen LogP contribution in [0.15, 0.2) is 59.6 Å². The van der Waals surface area contributed by atoms with Crippen molar-refractivity contribution >= 4 is 33.1 Å². The average Bonchev–Trinajstić information content (AvgIpc) is 2.66. The number of ketones is 1. The zero-order chi connectivity index (χ0) is 19.4. The van der Waals surface area contributed by atoms with Crippen LogP contribution in [0, 0.1) is 0 Å². The third-order valence-electron chi connectivity index (χ3n) is 4.13. The number of halogens is 1. The molecule has 6 nitrogen and oxygen atoms in total. The monoisotopic (exact) mass is 406 g/mol. The highest BCUT2D eigenvalue weighted by atomic mass is 35.5. The van der Waals surface area contributed by atoms with Crippen LogP contribution in [0.1, 0.15) is 15.9 Å². The number of Topliss-reactive ketones (excluding diaryl/α,β-unsaturated/α-hetero) is 1. The Morgan fingerprint density at radius 2 is 1.85 bits per heavy atom. The summed E-state index contributed by atoms with van der Waals surface area (Å²) in [7, 11) is -2.47. The van der Waals surface area contributed by atoms with Crippen molar-refractivity contribution in [3.8, 4) is 0 Å². The smallest absolute Gasteiger partial charge is 0.270 e. The van der Waals surface area contributed by atoms with Gasteiger partial charge in [0.1, 0.15) is 0 Å². The maximum atomic E-state index is 13.2. The first-order valence-electron chi connectivity index (χ1n) is 8.28. The predicted octanol–water partition coefficient (Wildman–Crippen LogP) is 2.95. The van der Waals surface area contributed by atoms with Gasteiger partial charge in [-0.15, -0.1) is 0 Å². The highest BCUT2D eigenvalue weighted by Crippen LogP contribution is 2.35. The molecule has 0 fully saturated rings. The summed E-state index contributed by atoms with van der Waals surface area (Å²) in [5.41, 5.74) is 1.48. The van der Waals surface area contributed by atoms with E-state index >= 15 is 0 Å². The van der Waals surface area contributed by atoms with Crippen LogP contribution in [0.2, 0.25) is 5.02 Å². The molecule has 0 spiro atoms. The number of carbonyl (C=O) groups excluding carboxylic acids is 1. The molecule has 2 aromatic carbocycles. The molecule has 27 heavy (non-hydrogen) atoms. The fraction of sp³-hybridized carbons (Fsp3) is 0.211. The molecule has 142 valence electrons. The molecule has 0 saturated heterocycles. The Morgan fingerprint density at radius 1 is 1.15 bits per heavy atom. The van der Waals surface area contributed by atoms with E-state index in [1.807, 2.05) is 0 Å². The molecule has 0 unspecified atom stereocenters. The zero-order valence-electron chi connectivity index (χ0n) is 14.7. The molecule has 0 saturated carbocycles. The van der Waals surface area contributed by atoms with Gasteiger partial charge in [-0.3, -0.25) is 9.10 Å². The Labute approximate surface area is 163 Å². The molecule has 3 rings (SSSR count). The normalized spacial score (nSPS) is 17.0. The number of ether oxygens (including phenoxy) is 1. The van der Waals surface area contributed by atoms with Crippen molar-refractivity contribution < 1.29 is 17.9 Å². The first-order chi connectivity index (χ1) is 12.9. The average molecular weight is 407 g/mol. The van der Waals surface area contributed by atoms with E-state index in [9.17, 15) is 13.2 Å². The van der Waals surface area contributed by atoms with Crippen LogP contribution in [-0.2, 0) is 21.3 Å². The van der Waals surface area contributed by atoms with Gasteiger partial charge in [-0.05, 0) is 29.8 Å². The Bertz CT molecular complexity index is 971. The van der Waals surface area contributed by atoms with E-state index in [1.165, 1.54) is 10.5 Å². The third-order valence-corrected chi connectivity index (χ3v) is 6.15. The van der Waals surface area contributed by atoms with Gasteiger partial charge in [-0.2, -0.15) is 0 Å². The second-order valence-corrected chi connectivity index (χ2v) is 8.21. The van der Waals surface area contributed by atoms with Gasteiger partial charge in [0.15, 0.2) is 4.91 Å². The van der Waals surface area contributed by atoms with E-state index in [0.29, 0.717) is 29.4 Å². The third kappa shape index (κ3) is 4.00. The summed E-state index contributed by atoms with van der Waals surface area (Å²) in [6.07, 6.45) is 1.25. The maximum Gasteiger partial charge on any atom is 0.270 e. The van der Waals surface area contributed by atoms with Crippen molar-refractivity contribution in [1.82, 2.24) is 5.32 Å². The number of rotatable bonds is 6. The van der Waals surface area contributed by atoms with Crippen LogP contribution in [0.25, 0.3) is 0 Å². The molecule has 0 aliphatic carbocycles. The van der Waals surface area contributed by atoms with E-state index in [0.717, 1.165) is 5.56 Å². The molecule has 1 aliphatic heterocycles.